The molecule has 1 heterocycles. The van der Waals surface area contributed by atoms with Gasteiger partial charge in [-0.2, -0.15) is 5.10 Å². The average molecular weight is 491 g/mol. The molecule has 2 aromatic rings. The van der Waals surface area contributed by atoms with Gasteiger partial charge in [-0.1, -0.05) is 18.2 Å². The second-order valence-corrected chi connectivity index (χ2v) is 8.23. The van der Waals surface area contributed by atoms with Crippen molar-refractivity contribution < 1.29 is 8.42 Å². The first kappa shape index (κ1) is 22.4. The number of guanidine groups is 1. The third kappa shape index (κ3) is 7.32. The molecule has 0 aliphatic rings. The fraction of sp³-hybridized carbons (Fsp3) is 0.412. The van der Waals surface area contributed by atoms with Crippen molar-refractivity contribution in [3.63, 3.8) is 0 Å². The van der Waals surface area contributed by atoms with Crippen LogP contribution in [0.4, 0.5) is 0 Å². The predicted molar refractivity (Wildman–Crippen MR) is 116 cm³/mol. The van der Waals surface area contributed by atoms with Crippen LogP contribution in [0.15, 0.2) is 47.7 Å². The summed E-state index contributed by atoms with van der Waals surface area (Å²) in [6, 6.07) is 9.88. The predicted octanol–water partition coefficient (Wildman–Crippen LogP) is 1.98. The van der Waals surface area contributed by atoms with Gasteiger partial charge in [0.25, 0.3) is 0 Å². The fourth-order valence-corrected chi connectivity index (χ4v) is 3.15. The molecule has 0 aliphatic carbocycles. The van der Waals surface area contributed by atoms with E-state index in [1.165, 1.54) is 6.26 Å². The Balaban J connectivity index is 0.00000338. The van der Waals surface area contributed by atoms with Gasteiger partial charge in [0.2, 0.25) is 0 Å². The summed E-state index contributed by atoms with van der Waals surface area (Å²) in [4.78, 5) is 4.20. The van der Waals surface area contributed by atoms with Gasteiger partial charge in [-0.05, 0) is 31.0 Å². The molecule has 1 aromatic carbocycles. The summed E-state index contributed by atoms with van der Waals surface area (Å²) in [6.45, 7) is 2.52. The molecule has 1 unspecified atom stereocenters. The van der Waals surface area contributed by atoms with Gasteiger partial charge >= 0.3 is 0 Å². The van der Waals surface area contributed by atoms with Gasteiger partial charge in [0.05, 0.1) is 11.4 Å². The lowest BCUT2D eigenvalue weighted by Gasteiger charge is -2.18. The number of benzene rings is 1. The van der Waals surface area contributed by atoms with E-state index in [9.17, 15) is 8.42 Å². The molecule has 0 aliphatic heterocycles. The molecule has 0 bridgehead atoms. The molecular weight excluding hydrogens is 465 g/mol. The lowest BCUT2D eigenvalue weighted by molar-refractivity contribution is 0.581. The second-order valence-electron chi connectivity index (χ2n) is 5.97. The maximum atomic E-state index is 11.3. The van der Waals surface area contributed by atoms with Crippen LogP contribution in [0.3, 0.4) is 0 Å². The molecule has 0 saturated carbocycles. The first-order chi connectivity index (χ1) is 11.9. The summed E-state index contributed by atoms with van der Waals surface area (Å²) >= 11 is 0. The van der Waals surface area contributed by atoms with Gasteiger partial charge in [-0.3, -0.25) is 4.99 Å². The van der Waals surface area contributed by atoms with Gasteiger partial charge in [0.1, 0.15) is 9.84 Å². The molecule has 2 rings (SSSR count). The molecule has 0 radical (unpaired) electrons. The van der Waals surface area contributed by atoms with Crippen LogP contribution in [0.25, 0.3) is 5.69 Å². The quantitative estimate of drug-likeness (QED) is 0.352. The average Bonchev–Trinajstić information content (AvgIpc) is 3.10. The van der Waals surface area contributed by atoms with Gasteiger partial charge < -0.3 is 10.6 Å². The molecule has 0 saturated heterocycles. The lowest BCUT2D eigenvalue weighted by Crippen LogP contribution is -2.42. The molecule has 1 atom stereocenters. The number of hydrogen-bond acceptors (Lipinski definition) is 4. The maximum Gasteiger partial charge on any atom is 0.191 e. The fourth-order valence-electron chi connectivity index (χ4n) is 2.37. The van der Waals surface area contributed by atoms with Gasteiger partial charge in [-0.25, -0.2) is 13.1 Å². The Kier molecular flexibility index (Phi) is 9.06. The minimum Gasteiger partial charge on any atom is -0.354 e. The molecule has 144 valence electrons. The van der Waals surface area contributed by atoms with E-state index in [0.717, 1.165) is 11.3 Å². The Morgan fingerprint density at radius 3 is 2.65 bits per heavy atom. The van der Waals surface area contributed by atoms with E-state index >= 15 is 0 Å². The zero-order valence-corrected chi connectivity index (χ0v) is 18.4. The largest absolute Gasteiger partial charge is 0.354 e. The van der Waals surface area contributed by atoms with Crippen molar-refractivity contribution in [2.24, 2.45) is 4.99 Å². The van der Waals surface area contributed by atoms with Crippen LogP contribution in [-0.2, 0) is 16.4 Å². The molecule has 2 N–H and O–H groups in total. The number of aromatic nitrogens is 2. The van der Waals surface area contributed by atoms with Crippen molar-refractivity contribution in [2.75, 3.05) is 19.1 Å². The van der Waals surface area contributed by atoms with Crippen LogP contribution in [0.1, 0.15) is 18.9 Å². The summed E-state index contributed by atoms with van der Waals surface area (Å²) < 4.78 is 24.4. The number of para-hydroxylation sites is 1. The number of nitrogens with zero attached hydrogens (tertiary/aromatic N) is 3. The van der Waals surface area contributed by atoms with E-state index < -0.39 is 9.84 Å². The van der Waals surface area contributed by atoms with Crippen molar-refractivity contribution in [1.29, 1.82) is 0 Å². The zero-order valence-electron chi connectivity index (χ0n) is 15.2. The number of hydrogen-bond donors (Lipinski definition) is 2. The molecule has 26 heavy (non-hydrogen) atoms. The molecule has 9 heteroatoms. The second kappa shape index (κ2) is 10.5. The van der Waals surface area contributed by atoms with Crippen LogP contribution in [0, 0.1) is 0 Å². The van der Waals surface area contributed by atoms with Crippen LogP contribution < -0.4 is 10.6 Å². The van der Waals surface area contributed by atoms with E-state index in [0.29, 0.717) is 18.9 Å². The first-order valence-corrected chi connectivity index (χ1v) is 10.2. The van der Waals surface area contributed by atoms with Gasteiger partial charge in [-0.15, -0.1) is 24.0 Å². The highest BCUT2D eigenvalue weighted by Crippen LogP contribution is 2.13. The molecule has 7 nitrogen and oxygen atoms in total. The third-order valence-corrected chi connectivity index (χ3v) is 4.69. The van der Waals surface area contributed by atoms with E-state index in [4.69, 9.17) is 0 Å². The monoisotopic (exact) mass is 491 g/mol. The third-order valence-electron chi connectivity index (χ3n) is 3.72. The summed E-state index contributed by atoms with van der Waals surface area (Å²) in [6.07, 6.45) is 5.43. The molecule has 1 aromatic heterocycles. The van der Waals surface area contributed by atoms with Crippen molar-refractivity contribution in [3.05, 3.63) is 48.3 Å². The molecular formula is C17H26IN5O2S. The molecule has 0 fully saturated rings. The van der Waals surface area contributed by atoms with Gasteiger partial charge in [0.15, 0.2) is 5.96 Å². The number of halogens is 1. The number of nitrogens with one attached hydrogen (secondary N) is 2. The first-order valence-electron chi connectivity index (χ1n) is 8.12. The van der Waals surface area contributed by atoms with Crippen LogP contribution in [0.5, 0.6) is 0 Å². The summed E-state index contributed by atoms with van der Waals surface area (Å²) in [5, 5.41) is 10.8. The smallest absolute Gasteiger partial charge is 0.191 e. The highest BCUT2D eigenvalue weighted by atomic mass is 127. The summed E-state index contributed by atoms with van der Waals surface area (Å²) in [5.74, 6) is 0.789. The standard InChI is InChI=1S/C17H25N5O2S.HI/c1-14(9-12-25(3,23)24)21-17(18-2)19-13-15-7-4-5-8-16(15)22-11-6-10-20-22;/h4-8,10-11,14H,9,12-13H2,1-3H3,(H2,18,19,21);1H. The minimum atomic E-state index is -2.96. The van der Waals surface area contributed by atoms with Crippen LogP contribution in [-0.4, -0.2) is 49.3 Å². The Labute approximate surface area is 172 Å². The maximum absolute atomic E-state index is 11.3. The lowest BCUT2D eigenvalue weighted by atomic mass is 10.2. The summed E-state index contributed by atoms with van der Waals surface area (Å²) in [7, 11) is -1.27. The van der Waals surface area contributed by atoms with Crippen LogP contribution >= 0.6 is 24.0 Å². The summed E-state index contributed by atoms with van der Waals surface area (Å²) in [5.41, 5.74) is 2.08. The number of rotatable bonds is 7. The Morgan fingerprint density at radius 2 is 2.04 bits per heavy atom. The minimum absolute atomic E-state index is 0. The SMILES string of the molecule is CN=C(NCc1ccccc1-n1cccn1)NC(C)CCS(C)(=O)=O.I. The highest BCUT2D eigenvalue weighted by molar-refractivity contribution is 14.0. The van der Waals surface area contributed by atoms with Crippen LogP contribution in [0.2, 0.25) is 0 Å². The Bertz CT molecular complexity index is 806. The van der Waals surface area contributed by atoms with E-state index in [1.54, 1.807) is 13.2 Å². The van der Waals surface area contributed by atoms with Crippen molar-refractivity contribution >= 4 is 39.8 Å². The number of sulfone groups is 1. The Morgan fingerprint density at radius 1 is 1.31 bits per heavy atom. The van der Waals surface area contributed by atoms with Crippen molar-refractivity contribution in [3.8, 4) is 5.69 Å². The number of aliphatic imine (C=N–C) groups is 1. The van der Waals surface area contributed by atoms with Crippen molar-refractivity contribution in [2.45, 2.75) is 25.9 Å². The van der Waals surface area contributed by atoms with E-state index in [1.807, 2.05) is 48.1 Å². The highest BCUT2D eigenvalue weighted by Gasteiger charge is 2.10. The zero-order chi connectivity index (χ0) is 18.3. The van der Waals surface area contributed by atoms with Gasteiger partial charge in [0, 0.05) is 38.3 Å². The molecule has 0 spiro atoms. The topological polar surface area (TPSA) is 88.4 Å². The van der Waals surface area contributed by atoms with Crippen molar-refractivity contribution in [1.82, 2.24) is 20.4 Å². The molecule has 0 amide bonds. The van der Waals surface area contributed by atoms with E-state index in [2.05, 4.69) is 20.7 Å². The van der Waals surface area contributed by atoms with E-state index in [-0.39, 0.29) is 35.8 Å². The Hall–Kier alpha value is -1.62. The normalized spacial score (nSPS) is 13.0.